The molecule has 0 aliphatic carbocycles. The van der Waals surface area contributed by atoms with Gasteiger partial charge in [0.25, 0.3) is 0 Å². The summed E-state index contributed by atoms with van der Waals surface area (Å²) in [5.41, 5.74) is 11.8. The fourth-order valence-electron chi connectivity index (χ4n) is 2.65. The van der Waals surface area contributed by atoms with Crippen molar-refractivity contribution < 1.29 is 4.79 Å². The van der Waals surface area contributed by atoms with Crippen molar-refractivity contribution in [3.8, 4) is 0 Å². The zero-order valence-corrected chi connectivity index (χ0v) is 12.9. The molecular formula is C18H18N4O. The zero-order chi connectivity index (χ0) is 16.2. The molecule has 0 spiro atoms. The number of nitrogens with two attached hydrogens (primary N) is 1. The normalized spacial score (nSPS) is 11.2. The second-order valence-corrected chi connectivity index (χ2v) is 5.39. The maximum atomic E-state index is 10.7. The molecule has 0 unspecified atom stereocenters. The number of amides is 2. The van der Waals surface area contributed by atoms with Gasteiger partial charge < -0.3 is 10.3 Å². The summed E-state index contributed by atoms with van der Waals surface area (Å²) in [5, 5.41) is 4.95. The highest BCUT2D eigenvalue weighted by Crippen LogP contribution is 2.22. The van der Waals surface area contributed by atoms with Crippen LogP contribution in [0.2, 0.25) is 0 Å². The minimum Gasteiger partial charge on any atom is -0.350 e. The molecule has 0 bridgehead atoms. The molecule has 3 rings (SSSR count). The number of para-hydroxylation sites is 1. The van der Waals surface area contributed by atoms with Crippen LogP contribution >= 0.6 is 0 Å². The fourth-order valence-corrected chi connectivity index (χ4v) is 2.65. The highest BCUT2D eigenvalue weighted by atomic mass is 16.2. The van der Waals surface area contributed by atoms with E-state index in [-0.39, 0.29) is 0 Å². The molecular weight excluding hydrogens is 288 g/mol. The van der Waals surface area contributed by atoms with Crippen LogP contribution < -0.4 is 11.2 Å². The highest BCUT2D eigenvalue weighted by Gasteiger charge is 2.08. The summed E-state index contributed by atoms with van der Waals surface area (Å²) in [4.78, 5) is 10.7. The predicted molar refractivity (Wildman–Crippen MR) is 92.5 cm³/mol. The lowest BCUT2D eigenvalue weighted by Crippen LogP contribution is -2.24. The van der Waals surface area contributed by atoms with Gasteiger partial charge in [0.2, 0.25) is 0 Å². The summed E-state index contributed by atoms with van der Waals surface area (Å²) in [6.45, 7) is 2.89. The first-order chi connectivity index (χ1) is 11.1. The number of primary amides is 1. The Morgan fingerprint density at radius 3 is 2.74 bits per heavy atom. The van der Waals surface area contributed by atoms with Crippen molar-refractivity contribution >= 4 is 23.1 Å². The molecule has 0 radical (unpaired) electrons. The first-order valence-electron chi connectivity index (χ1n) is 7.36. The van der Waals surface area contributed by atoms with Gasteiger partial charge in [0.15, 0.2) is 0 Å². The van der Waals surface area contributed by atoms with Crippen LogP contribution in [0.25, 0.3) is 10.9 Å². The minimum absolute atomic E-state index is 0.676. The summed E-state index contributed by atoms with van der Waals surface area (Å²) in [5.74, 6) is 0. The Labute approximate surface area is 134 Å². The van der Waals surface area contributed by atoms with Gasteiger partial charge in [0.1, 0.15) is 0 Å². The summed E-state index contributed by atoms with van der Waals surface area (Å²) in [7, 11) is 0. The van der Waals surface area contributed by atoms with Crippen molar-refractivity contribution in [2.45, 2.75) is 13.5 Å². The number of nitrogens with one attached hydrogen (secondary N) is 1. The number of aromatic nitrogens is 1. The van der Waals surface area contributed by atoms with E-state index >= 15 is 0 Å². The first-order valence-corrected chi connectivity index (χ1v) is 7.36. The molecule has 1 heterocycles. The van der Waals surface area contributed by atoms with Crippen LogP contribution in [0.4, 0.5) is 4.79 Å². The van der Waals surface area contributed by atoms with Gasteiger partial charge in [-0.3, -0.25) is 0 Å². The number of fused-ring (bicyclic) bond motifs is 1. The van der Waals surface area contributed by atoms with E-state index in [0.29, 0.717) is 0 Å². The van der Waals surface area contributed by atoms with Gasteiger partial charge in [-0.15, -0.1) is 0 Å². The third-order valence-electron chi connectivity index (χ3n) is 3.80. The van der Waals surface area contributed by atoms with Crippen molar-refractivity contribution in [3.05, 3.63) is 71.4 Å². The fraction of sp³-hybridized carbons (Fsp3) is 0.111. The lowest BCUT2D eigenvalue weighted by Gasteiger charge is -2.08. The Balaban J connectivity index is 1.99. The van der Waals surface area contributed by atoms with Crippen molar-refractivity contribution in [1.29, 1.82) is 0 Å². The average molecular weight is 306 g/mol. The topological polar surface area (TPSA) is 72.4 Å². The van der Waals surface area contributed by atoms with Gasteiger partial charge in [0, 0.05) is 29.2 Å². The molecule has 116 valence electrons. The molecule has 5 nitrogen and oxygen atoms in total. The third-order valence-corrected chi connectivity index (χ3v) is 3.80. The second kappa shape index (κ2) is 6.36. The molecule has 0 saturated carbocycles. The molecule has 0 atom stereocenters. The maximum absolute atomic E-state index is 10.7. The van der Waals surface area contributed by atoms with E-state index < -0.39 is 6.03 Å². The Bertz CT molecular complexity index is 880. The zero-order valence-electron chi connectivity index (χ0n) is 12.9. The van der Waals surface area contributed by atoms with Gasteiger partial charge in [-0.1, -0.05) is 42.5 Å². The largest absolute Gasteiger partial charge is 0.350 e. The molecule has 2 aromatic carbocycles. The smallest absolute Gasteiger partial charge is 0.332 e. The Hall–Kier alpha value is -3.08. The molecule has 0 saturated heterocycles. The van der Waals surface area contributed by atoms with Crippen LogP contribution in [0.3, 0.4) is 0 Å². The number of hydrogen-bond acceptors (Lipinski definition) is 2. The van der Waals surface area contributed by atoms with Crippen LogP contribution in [-0.4, -0.2) is 16.8 Å². The van der Waals surface area contributed by atoms with E-state index in [1.54, 1.807) is 6.21 Å². The summed E-state index contributed by atoms with van der Waals surface area (Å²) >= 11 is 0. The lowest BCUT2D eigenvalue weighted by molar-refractivity contribution is 0.249. The number of carbonyl (C=O) groups is 1. The van der Waals surface area contributed by atoms with Gasteiger partial charge in [-0.2, -0.15) is 5.10 Å². The Morgan fingerprint density at radius 2 is 1.96 bits per heavy atom. The van der Waals surface area contributed by atoms with E-state index in [2.05, 4.69) is 40.2 Å². The van der Waals surface area contributed by atoms with Crippen molar-refractivity contribution in [2.24, 2.45) is 10.8 Å². The van der Waals surface area contributed by atoms with E-state index in [0.717, 1.165) is 23.0 Å². The third kappa shape index (κ3) is 3.23. The summed E-state index contributed by atoms with van der Waals surface area (Å²) < 4.78 is 2.18. The van der Waals surface area contributed by atoms with Gasteiger partial charge in [-0.05, 0) is 24.1 Å². The second-order valence-electron chi connectivity index (χ2n) is 5.39. The van der Waals surface area contributed by atoms with Crippen LogP contribution in [0.1, 0.15) is 16.7 Å². The van der Waals surface area contributed by atoms with Crippen molar-refractivity contribution in [1.82, 2.24) is 9.99 Å². The number of nitrogens with zero attached hydrogens (tertiary/aromatic N) is 2. The molecule has 0 fully saturated rings. The summed E-state index contributed by atoms with van der Waals surface area (Å²) in [6.07, 6.45) is 3.64. The maximum Gasteiger partial charge on any atom is 0.332 e. The molecule has 2 amide bonds. The van der Waals surface area contributed by atoms with E-state index in [1.165, 1.54) is 11.1 Å². The van der Waals surface area contributed by atoms with Gasteiger partial charge >= 0.3 is 6.03 Å². The summed E-state index contributed by atoms with van der Waals surface area (Å²) in [6, 6.07) is 15.8. The van der Waals surface area contributed by atoms with Crippen LogP contribution in [-0.2, 0) is 6.54 Å². The average Bonchev–Trinajstić information content (AvgIpc) is 2.88. The minimum atomic E-state index is -0.676. The Kier molecular flexibility index (Phi) is 4.10. The van der Waals surface area contributed by atoms with Gasteiger partial charge in [0.05, 0.1) is 6.21 Å². The number of urea groups is 1. The first kappa shape index (κ1) is 14.8. The van der Waals surface area contributed by atoms with E-state index in [9.17, 15) is 4.79 Å². The quantitative estimate of drug-likeness (QED) is 0.564. The molecule has 23 heavy (non-hydrogen) atoms. The lowest BCUT2D eigenvalue weighted by atomic mass is 10.1. The molecule has 3 aromatic rings. The van der Waals surface area contributed by atoms with Crippen LogP contribution in [0, 0.1) is 6.92 Å². The Morgan fingerprint density at radius 1 is 1.22 bits per heavy atom. The highest BCUT2D eigenvalue weighted by molar-refractivity contribution is 5.99. The number of hydrazone groups is 1. The SMILES string of the molecule is Cc1ccccc1Cn1cc(/C=N/NC(N)=O)c2ccccc21. The molecule has 0 aliphatic rings. The standard InChI is InChI=1S/C18H18N4O/c1-13-6-2-3-7-14(13)11-22-12-15(10-20-21-18(19)23)16-8-4-5-9-17(16)22/h2-10,12H,11H2,1H3,(H3,19,21,23)/b20-10+. The predicted octanol–water partition coefficient (Wildman–Crippen LogP) is 3.00. The number of carbonyl (C=O) groups excluding carboxylic acids is 1. The van der Waals surface area contributed by atoms with Crippen molar-refractivity contribution in [2.75, 3.05) is 0 Å². The van der Waals surface area contributed by atoms with E-state index in [1.807, 2.05) is 36.5 Å². The molecule has 0 aliphatic heterocycles. The van der Waals surface area contributed by atoms with E-state index in [4.69, 9.17) is 5.73 Å². The number of rotatable bonds is 4. The molecule has 5 heteroatoms. The van der Waals surface area contributed by atoms with Gasteiger partial charge in [-0.25, -0.2) is 10.2 Å². The van der Waals surface area contributed by atoms with Crippen LogP contribution in [0.15, 0.2) is 59.8 Å². The van der Waals surface area contributed by atoms with Crippen LogP contribution in [0.5, 0.6) is 0 Å². The molecule has 1 aromatic heterocycles. The monoisotopic (exact) mass is 306 g/mol. The van der Waals surface area contributed by atoms with Crippen molar-refractivity contribution in [3.63, 3.8) is 0 Å². The number of aryl methyl sites for hydroxylation is 1. The molecule has 3 N–H and O–H groups in total. The number of hydrogen-bond donors (Lipinski definition) is 2. The number of benzene rings is 2.